The van der Waals surface area contributed by atoms with Crippen molar-refractivity contribution in [1.82, 2.24) is 0 Å². The van der Waals surface area contributed by atoms with Gasteiger partial charge in [-0.25, -0.2) is 0 Å². The van der Waals surface area contributed by atoms with Crippen molar-refractivity contribution in [3.05, 3.63) is 52.1 Å². The first kappa shape index (κ1) is 21.2. The Hall–Kier alpha value is -3.50. The molecule has 0 saturated carbocycles. The van der Waals surface area contributed by atoms with E-state index in [1.165, 1.54) is 43.5 Å². The second-order valence-electron chi connectivity index (χ2n) is 6.55. The molecule has 0 fully saturated rings. The SMILES string of the molecule is COc1ccc(NC(=O)CN2CCCc3cc(OC(F)(F)F)ccc32)c([N+](=O)[O-])c1. The summed E-state index contributed by atoms with van der Waals surface area (Å²) in [5.41, 5.74) is 0.967. The smallest absolute Gasteiger partial charge is 0.496 e. The van der Waals surface area contributed by atoms with Gasteiger partial charge in [0.2, 0.25) is 5.91 Å². The van der Waals surface area contributed by atoms with E-state index < -0.39 is 17.2 Å². The van der Waals surface area contributed by atoms with Crippen LogP contribution in [0.4, 0.5) is 30.2 Å². The van der Waals surface area contributed by atoms with E-state index in [1.54, 1.807) is 4.90 Å². The number of nitro groups is 1. The van der Waals surface area contributed by atoms with Gasteiger partial charge in [-0.1, -0.05) is 0 Å². The highest BCUT2D eigenvalue weighted by Gasteiger charge is 2.31. The minimum absolute atomic E-state index is 0.0250. The molecule has 0 spiro atoms. The summed E-state index contributed by atoms with van der Waals surface area (Å²) in [4.78, 5) is 24.8. The molecule has 1 amide bonds. The molecule has 0 aromatic heterocycles. The van der Waals surface area contributed by atoms with E-state index in [0.717, 1.165) is 0 Å². The number of benzene rings is 2. The van der Waals surface area contributed by atoms with Crippen LogP contribution in [0.15, 0.2) is 36.4 Å². The lowest BCUT2D eigenvalue weighted by molar-refractivity contribution is -0.384. The number of hydrogen-bond donors (Lipinski definition) is 1. The van der Waals surface area contributed by atoms with Crippen LogP contribution < -0.4 is 19.7 Å². The molecule has 0 unspecified atom stereocenters. The van der Waals surface area contributed by atoms with Crippen molar-refractivity contribution in [3.8, 4) is 11.5 Å². The normalized spacial score (nSPS) is 13.4. The Balaban J connectivity index is 1.74. The molecular formula is C19H18F3N3O5. The van der Waals surface area contributed by atoms with Crippen molar-refractivity contribution in [1.29, 1.82) is 0 Å². The number of nitrogens with one attached hydrogen (secondary N) is 1. The highest BCUT2D eigenvalue weighted by molar-refractivity contribution is 5.96. The van der Waals surface area contributed by atoms with Crippen LogP contribution >= 0.6 is 0 Å². The molecule has 0 atom stereocenters. The second-order valence-corrected chi connectivity index (χ2v) is 6.55. The number of amides is 1. The number of ether oxygens (including phenoxy) is 2. The summed E-state index contributed by atoms with van der Waals surface area (Å²) in [6.07, 6.45) is -3.60. The van der Waals surface area contributed by atoms with E-state index in [1.807, 2.05) is 0 Å². The van der Waals surface area contributed by atoms with Gasteiger partial charge >= 0.3 is 6.36 Å². The van der Waals surface area contributed by atoms with Crippen LogP contribution in [0.2, 0.25) is 0 Å². The van der Waals surface area contributed by atoms with Gasteiger partial charge in [0.25, 0.3) is 5.69 Å². The average molecular weight is 425 g/mol. The second kappa shape index (κ2) is 8.47. The van der Waals surface area contributed by atoms with Crippen molar-refractivity contribution in [2.24, 2.45) is 0 Å². The third-order valence-corrected chi connectivity index (χ3v) is 4.51. The fraction of sp³-hybridized carbons (Fsp3) is 0.316. The molecular weight excluding hydrogens is 407 g/mol. The maximum atomic E-state index is 12.5. The van der Waals surface area contributed by atoms with Crippen LogP contribution in [0.1, 0.15) is 12.0 Å². The quantitative estimate of drug-likeness (QED) is 0.558. The number of hydrogen-bond acceptors (Lipinski definition) is 6. The molecule has 1 N–H and O–H groups in total. The fourth-order valence-electron chi connectivity index (χ4n) is 3.27. The van der Waals surface area contributed by atoms with Gasteiger partial charge in [0, 0.05) is 12.2 Å². The number of anilines is 2. The van der Waals surface area contributed by atoms with Gasteiger partial charge in [0.15, 0.2) is 0 Å². The minimum atomic E-state index is -4.78. The number of halogens is 3. The van der Waals surface area contributed by atoms with Crippen molar-refractivity contribution in [2.45, 2.75) is 19.2 Å². The predicted octanol–water partition coefficient (Wildman–Crippen LogP) is 3.89. The Morgan fingerprint density at radius 1 is 1.23 bits per heavy atom. The first-order valence-electron chi connectivity index (χ1n) is 8.92. The first-order valence-corrected chi connectivity index (χ1v) is 8.92. The number of rotatable bonds is 6. The largest absolute Gasteiger partial charge is 0.573 e. The van der Waals surface area contributed by atoms with Gasteiger partial charge in [-0.15, -0.1) is 13.2 Å². The summed E-state index contributed by atoms with van der Waals surface area (Å²) in [5.74, 6) is -0.533. The Labute approximate surface area is 169 Å². The molecule has 3 rings (SSSR count). The molecule has 8 nitrogen and oxygen atoms in total. The number of fused-ring (bicyclic) bond motifs is 1. The van der Waals surface area contributed by atoms with Gasteiger partial charge in [-0.3, -0.25) is 14.9 Å². The Kier molecular flexibility index (Phi) is 5.99. The zero-order chi connectivity index (χ0) is 21.9. The van der Waals surface area contributed by atoms with Gasteiger partial charge in [0.05, 0.1) is 24.6 Å². The number of nitrogens with zero attached hydrogens (tertiary/aromatic N) is 2. The molecule has 1 aliphatic rings. The summed E-state index contributed by atoms with van der Waals surface area (Å²) in [5, 5.41) is 13.8. The molecule has 2 aromatic carbocycles. The van der Waals surface area contributed by atoms with E-state index >= 15 is 0 Å². The molecule has 1 heterocycles. The van der Waals surface area contributed by atoms with Crippen LogP contribution in [0.25, 0.3) is 0 Å². The van der Waals surface area contributed by atoms with E-state index in [0.29, 0.717) is 30.6 Å². The number of methoxy groups -OCH3 is 1. The van der Waals surface area contributed by atoms with E-state index in [9.17, 15) is 28.1 Å². The first-order chi connectivity index (χ1) is 14.2. The maximum Gasteiger partial charge on any atom is 0.573 e. The number of carbonyl (C=O) groups excluding carboxylic acids is 1. The number of alkyl halides is 3. The summed E-state index contributed by atoms with van der Waals surface area (Å²) < 4.78 is 46.2. The van der Waals surface area contributed by atoms with Gasteiger partial charge < -0.3 is 19.7 Å². The summed E-state index contributed by atoms with van der Waals surface area (Å²) in [7, 11) is 1.37. The third kappa shape index (κ3) is 5.10. The monoisotopic (exact) mass is 425 g/mol. The molecule has 0 saturated heterocycles. The maximum absolute atomic E-state index is 12.5. The van der Waals surface area contributed by atoms with Crippen LogP contribution in [0.5, 0.6) is 11.5 Å². The Morgan fingerprint density at radius 3 is 2.63 bits per heavy atom. The summed E-state index contributed by atoms with van der Waals surface area (Å²) in [6.45, 7) is 0.403. The number of aryl methyl sites for hydroxylation is 1. The lowest BCUT2D eigenvalue weighted by Crippen LogP contribution is -2.36. The third-order valence-electron chi connectivity index (χ3n) is 4.51. The molecule has 11 heteroatoms. The van der Waals surface area contributed by atoms with Crippen molar-refractivity contribution in [2.75, 3.05) is 30.4 Å². The van der Waals surface area contributed by atoms with Crippen LogP contribution in [-0.2, 0) is 11.2 Å². The highest BCUT2D eigenvalue weighted by Crippen LogP contribution is 2.33. The lowest BCUT2D eigenvalue weighted by Gasteiger charge is -2.31. The van der Waals surface area contributed by atoms with Crippen molar-refractivity contribution in [3.63, 3.8) is 0 Å². The summed E-state index contributed by atoms with van der Waals surface area (Å²) >= 11 is 0. The van der Waals surface area contributed by atoms with Crippen molar-refractivity contribution >= 4 is 23.0 Å². The molecule has 160 valence electrons. The molecule has 0 bridgehead atoms. The number of carbonyl (C=O) groups is 1. The predicted molar refractivity (Wildman–Crippen MR) is 102 cm³/mol. The number of nitro benzene ring substituents is 1. The minimum Gasteiger partial charge on any atom is -0.496 e. The molecule has 30 heavy (non-hydrogen) atoms. The van der Waals surface area contributed by atoms with Crippen LogP contribution in [0, 0.1) is 10.1 Å². The summed E-state index contributed by atoms with van der Waals surface area (Å²) in [6, 6.07) is 8.03. The van der Waals surface area contributed by atoms with E-state index in [2.05, 4.69) is 10.1 Å². The van der Waals surface area contributed by atoms with Crippen molar-refractivity contribution < 1.29 is 32.4 Å². The highest BCUT2D eigenvalue weighted by atomic mass is 19.4. The zero-order valence-electron chi connectivity index (χ0n) is 15.9. The van der Waals surface area contributed by atoms with Gasteiger partial charge in [-0.2, -0.15) is 0 Å². The van der Waals surface area contributed by atoms with Gasteiger partial charge in [0.1, 0.15) is 17.2 Å². The standard InChI is InChI=1S/C19H18F3N3O5/c1-29-13-4-6-15(17(10-13)25(27)28)23-18(26)11-24-8-2-3-12-9-14(5-7-16(12)24)30-19(20,21)22/h4-7,9-10H,2-3,8,11H2,1H3,(H,23,26). The fourth-order valence-corrected chi connectivity index (χ4v) is 3.27. The molecule has 2 aromatic rings. The van der Waals surface area contributed by atoms with Gasteiger partial charge in [-0.05, 0) is 48.7 Å². The Morgan fingerprint density at radius 2 is 1.97 bits per heavy atom. The molecule has 0 aliphatic carbocycles. The average Bonchev–Trinajstić information content (AvgIpc) is 2.66. The van der Waals surface area contributed by atoms with Crippen LogP contribution in [0.3, 0.4) is 0 Å². The molecule has 0 radical (unpaired) electrons. The van der Waals surface area contributed by atoms with E-state index in [4.69, 9.17) is 4.74 Å². The lowest BCUT2D eigenvalue weighted by atomic mass is 10.0. The van der Waals surface area contributed by atoms with Crippen LogP contribution in [-0.4, -0.2) is 37.4 Å². The van der Waals surface area contributed by atoms with E-state index in [-0.39, 0.29) is 29.4 Å². The zero-order valence-corrected chi connectivity index (χ0v) is 15.9. The Bertz CT molecular complexity index is 965. The topological polar surface area (TPSA) is 93.9 Å². The molecule has 1 aliphatic heterocycles.